The van der Waals surface area contributed by atoms with E-state index in [0.717, 1.165) is 23.1 Å². The molecule has 4 aliphatic carbocycles. The Bertz CT molecular complexity index is 958. The first-order chi connectivity index (χ1) is 16.1. The molecule has 1 spiro atoms. The van der Waals surface area contributed by atoms with Crippen LogP contribution in [0.5, 0.6) is 0 Å². The summed E-state index contributed by atoms with van der Waals surface area (Å²) >= 11 is 0. The number of carbonyl (C=O) groups excluding carboxylic acids is 1. The maximum Gasteiger partial charge on any atom is 0.203 e. The summed E-state index contributed by atoms with van der Waals surface area (Å²) in [5.41, 5.74) is 2.38. The summed E-state index contributed by atoms with van der Waals surface area (Å²) in [7, 11) is 0. The van der Waals surface area contributed by atoms with E-state index < -0.39 is 47.6 Å². The summed E-state index contributed by atoms with van der Waals surface area (Å²) in [5.74, 6) is -2.97. The zero-order chi connectivity index (χ0) is 24.2. The highest BCUT2D eigenvalue weighted by molar-refractivity contribution is 6.04. The molecule has 6 aliphatic rings. The van der Waals surface area contributed by atoms with Gasteiger partial charge in [-0.1, -0.05) is 31.1 Å². The lowest BCUT2D eigenvalue weighted by atomic mass is 9.51. The summed E-state index contributed by atoms with van der Waals surface area (Å²) in [6, 6.07) is 0. The van der Waals surface area contributed by atoms with Crippen LogP contribution in [0, 0.1) is 35.0 Å². The smallest absolute Gasteiger partial charge is 0.203 e. The fourth-order valence-corrected chi connectivity index (χ4v) is 8.39. The van der Waals surface area contributed by atoms with Gasteiger partial charge in [-0.05, 0) is 37.5 Å². The van der Waals surface area contributed by atoms with Crippen LogP contribution < -0.4 is 0 Å². The molecule has 0 aromatic rings. The summed E-state index contributed by atoms with van der Waals surface area (Å²) < 4.78 is 12.2. The lowest BCUT2D eigenvalue weighted by Gasteiger charge is -2.54. The number of hydrogen-bond donors (Lipinski definition) is 5. The highest BCUT2D eigenvalue weighted by Gasteiger charge is 2.69. The molecule has 5 N–H and O–H groups in total. The number of Topliss-reactive ketones (excluding diaryl/α,β-unsaturated/α-hetero) is 1. The third kappa shape index (κ3) is 2.76. The van der Waals surface area contributed by atoms with Gasteiger partial charge >= 0.3 is 0 Å². The molecule has 12 atom stereocenters. The quantitative estimate of drug-likeness (QED) is 0.344. The Morgan fingerprint density at radius 2 is 1.97 bits per heavy atom. The maximum absolute atomic E-state index is 13.8. The Morgan fingerprint density at radius 3 is 2.71 bits per heavy atom. The van der Waals surface area contributed by atoms with Gasteiger partial charge in [-0.2, -0.15) is 0 Å². The first-order valence-corrected chi connectivity index (χ1v) is 12.8. The third-order valence-corrected chi connectivity index (χ3v) is 10.3. The fourth-order valence-electron chi connectivity index (χ4n) is 8.39. The van der Waals surface area contributed by atoms with Crippen molar-refractivity contribution in [3.63, 3.8) is 0 Å². The van der Waals surface area contributed by atoms with Crippen molar-refractivity contribution in [2.24, 2.45) is 35.0 Å². The molecular weight excluding hydrogens is 440 g/mol. The number of rotatable bonds is 1. The predicted molar refractivity (Wildman–Crippen MR) is 119 cm³/mol. The number of carbonyl (C=O) groups is 1. The van der Waals surface area contributed by atoms with Gasteiger partial charge in [-0.25, -0.2) is 0 Å². The highest BCUT2D eigenvalue weighted by Crippen LogP contribution is 2.63. The van der Waals surface area contributed by atoms with Crippen molar-refractivity contribution >= 4 is 5.78 Å². The number of hydrogen-bond acceptors (Lipinski definition) is 8. The van der Waals surface area contributed by atoms with Gasteiger partial charge in [0.25, 0.3) is 0 Å². The van der Waals surface area contributed by atoms with Crippen LogP contribution in [0.25, 0.3) is 0 Å². The second-order valence-corrected chi connectivity index (χ2v) is 11.7. The molecule has 8 nitrogen and oxygen atoms in total. The van der Waals surface area contributed by atoms with Gasteiger partial charge < -0.3 is 35.0 Å². The van der Waals surface area contributed by atoms with Crippen LogP contribution >= 0.6 is 0 Å². The third-order valence-electron chi connectivity index (χ3n) is 10.3. The average molecular weight is 477 g/mol. The highest BCUT2D eigenvalue weighted by atomic mass is 16.7. The topological polar surface area (TPSA) is 137 Å². The Balaban J connectivity index is 1.38. The van der Waals surface area contributed by atoms with Gasteiger partial charge in [0.1, 0.15) is 12.2 Å². The number of aliphatic hydroxyl groups is 5. The van der Waals surface area contributed by atoms with E-state index in [1.54, 1.807) is 6.92 Å². The van der Waals surface area contributed by atoms with Crippen LogP contribution in [0.1, 0.15) is 46.0 Å². The zero-order valence-corrected chi connectivity index (χ0v) is 19.8. The fraction of sp³-hybridized carbons (Fsp3) is 0.808. The molecule has 1 saturated carbocycles. The molecule has 2 aliphatic heterocycles. The van der Waals surface area contributed by atoms with Gasteiger partial charge in [0, 0.05) is 35.2 Å². The molecule has 6 rings (SSSR count). The van der Waals surface area contributed by atoms with Crippen molar-refractivity contribution in [3.05, 3.63) is 22.8 Å². The molecule has 2 heterocycles. The van der Waals surface area contributed by atoms with Gasteiger partial charge in [0.05, 0.1) is 31.5 Å². The number of allylic oxidation sites excluding steroid dienone is 1. The molecule has 0 radical (unpaired) electrons. The summed E-state index contributed by atoms with van der Waals surface area (Å²) in [4.78, 5) is 13.8. The van der Waals surface area contributed by atoms with Crippen molar-refractivity contribution in [2.45, 2.75) is 82.3 Å². The zero-order valence-electron chi connectivity index (χ0n) is 19.8. The van der Waals surface area contributed by atoms with Gasteiger partial charge in [0.15, 0.2) is 5.78 Å². The van der Waals surface area contributed by atoms with Crippen molar-refractivity contribution < 1.29 is 39.8 Å². The minimum Gasteiger partial charge on any atom is -0.396 e. The van der Waals surface area contributed by atoms with Crippen LogP contribution in [0.2, 0.25) is 0 Å². The molecule has 0 aromatic carbocycles. The molecule has 2 saturated heterocycles. The Hall–Kier alpha value is -1.13. The van der Waals surface area contributed by atoms with Crippen LogP contribution in [-0.2, 0) is 14.3 Å². The molecule has 3 fully saturated rings. The number of aliphatic hydroxyl groups excluding tert-OH is 5. The van der Waals surface area contributed by atoms with E-state index in [9.17, 15) is 30.3 Å². The van der Waals surface area contributed by atoms with E-state index in [2.05, 4.69) is 13.0 Å². The second-order valence-electron chi connectivity index (χ2n) is 11.7. The minimum absolute atomic E-state index is 0.0396. The predicted octanol–water partition coefficient (Wildman–Crippen LogP) is 0.452. The molecular formula is C26H36O8. The Kier molecular flexibility index (Phi) is 5.26. The van der Waals surface area contributed by atoms with E-state index in [1.807, 2.05) is 0 Å². The number of ether oxygens (including phenoxy) is 2. The standard InChI is InChI=1S/C26H36O8/c1-11-10-33-26(24(32)21(11)30)17(9-27)20-15-5-6-16-14(19(15)22(31)23(20)34-26)4-3-12-7-13(28)8-18(29)25(12,16)2/h3,11,13-14,16-18,20-21,23-24,27-30,32H,4-10H2,1-2H3/t11-,13+,14+,16-,17-,18+,20-,21+,23+,24-,25-,26-/m0/s1. The molecule has 0 amide bonds. The molecule has 0 aromatic heterocycles. The van der Waals surface area contributed by atoms with Crippen molar-refractivity contribution in [2.75, 3.05) is 13.2 Å². The Labute approximate surface area is 199 Å². The van der Waals surface area contributed by atoms with Gasteiger partial charge in [0.2, 0.25) is 5.79 Å². The van der Waals surface area contributed by atoms with Crippen LogP contribution in [0.4, 0.5) is 0 Å². The molecule has 0 bridgehead atoms. The van der Waals surface area contributed by atoms with E-state index in [0.29, 0.717) is 25.7 Å². The monoisotopic (exact) mass is 476 g/mol. The SMILES string of the molecule is C[C@H]1CO[C@@]2(O[C@H]3C(=O)C4=C(CC[C@H]5[C@H]4CC=C4C[C@@H](O)C[C@@H](O)[C@@]45C)[C@H]3[C@@H]2CO)[C@@H](O)[C@@H]1O. The maximum atomic E-state index is 13.8. The van der Waals surface area contributed by atoms with E-state index in [1.165, 1.54) is 0 Å². The molecule has 188 valence electrons. The normalized spacial score (nSPS) is 54.4. The van der Waals surface area contributed by atoms with E-state index >= 15 is 0 Å². The summed E-state index contributed by atoms with van der Waals surface area (Å²) in [5, 5.41) is 53.1. The lowest BCUT2D eigenvalue weighted by Crippen LogP contribution is -2.62. The van der Waals surface area contributed by atoms with Gasteiger partial charge in [-0.15, -0.1) is 0 Å². The van der Waals surface area contributed by atoms with Crippen molar-refractivity contribution in [3.8, 4) is 0 Å². The lowest BCUT2D eigenvalue weighted by molar-refractivity contribution is -0.337. The number of ketones is 1. The first kappa shape index (κ1) is 23.3. The Morgan fingerprint density at radius 1 is 1.21 bits per heavy atom. The molecule has 8 heteroatoms. The van der Waals surface area contributed by atoms with Crippen LogP contribution in [-0.4, -0.2) is 80.8 Å². The van der Waals surface area contributed by atoms with E-state index in [4.69, 9.17) is 9.47 Å². The summed E-state index contributed by atoms with van der Waals surface area (Å²) in [6.07, 6.45) is 0.714. The van der Waals surface area contributed by atoms with Crippen molar-refractivity contribution in [1.29, 1.82) is 0 Å². The summed E-state index contributed by atoms with van der Waals surface area (Å²) in [6.45, 7) is 3.71. The first-order valence-electron chi connectivity index (χ1n) is 12.8. The second kappa shape index (κ2) is 7.68. The van der Waals surface area contributed by atoms with E-state index in [-0.39, 0.29) is 42.7 Å². The molecule has 0 unspecified atom stereocenters. The van der Waals surface area contributed by atoms with Crippen molar-refractivity contribution in [1.82, 2.24) is 0 Å². The van der Waals surface area contributed by atoms with Gasteiger partial charge in [-0.3, -0.25) is 4.79 Å². The molecule has 34 heavy (non-hydrogen) atoms. The largest absolute Gasteiger partial charge is 0.396 e. The number of fused-ring (bicyclic) bond motifs is 6. The van der Waals surface area contributed by atoms with Crippen LogP contribution in [0.3, 0.4) is 0 Å². The van der Waals surface area contributed by atoms with Crippen LogP contribution in [0.15, 0.2) is 22.8 Å². The minimum atomic E-state index is -1.59. The average Bonchev–Trinajstić information content (AvgIpc) is 3.28.